The number of unbranched alkanes of at least 4 members (excludes halogenated alkanes) is 1. The molecule has 0 radical (unpaired) electrons. The fraction of sp³-hybridized carbons (Fsp3) is 0.582. The van der Waals surface area contributed by atoms with Gasteiger partial charge >= 0.3 is 12.1 Å². The van der Waals surface area contributed by atoms with Gasteiger partial charge in [0.25, 0.3) is 5.91 Å². The zero-order chi connectivity index (χ0) is 89.6. The maximum atomic E-state index is 15.8. The molecular weight excluding hydrogens is 1640 g/mol. The summed E-state index contributed by atoms with van der Waals surface area (Å²) in [7, 11) is 5.06. The summed E-state index contributed by atoms with van der Waals surface area (Å²) in [6, 6.07) is 6.10. The van der Waals surface area contributed by atoms with Gasteiger partial charge in [-0.25, -0.2) is 14.2 Å². The number of hydrogen-bond acceptors (Lipinski definition) is 22. The third kappa shape index (κ3) is 22.9. The average Bonchev–Trinajstić information content (AvgIpc) is 1.57. The molecule has 0 bridgehead atoms. The van der Waals surface area contributed by atoms with E-state index in [0.717, 1.165) is 27.2 Å². The Balaban J connectivity index is 0.00000841. The van der Waals surface area contributed by atoms with E-state index in [0.29, 0.717) is 80.2 Å². The van der Waals surface area contributed by atoms with E-state index < -0.39 is 173 Å². The summed E-state index contributed by atoms with van der Waals surface area (Å²) in [6.07, 6.45) is 14.5. The van der Waals surface area contributed by atoms with Gasteiger partial charge in [0, 0.05) is 77.8 Å². The van der Waals surface area contributed by atoms with Crippen LogP contribution in [0.25, 0.3) is 0 Å². The lowest BCUT2D eigenvalue weighted by Gasteiger charge is -2.57. The number of rotatable bonds is 25. The van der Waals surface area contributed by atoms with E-state index in [1.54, 1.807) is 130 Å². The number of aliphatic hydroxyl groups is 3. The number of allylic oxidation sites excluding steroid dienone is 3. The minimum Gasteiger partial charge on any atom is -0.461 e. The van der Waals surface area contributed by atoms with Crippen molar-refractivity contribution in [1.82, 2.24) is 63.0 Å². The number of carbonyl (C=O) groups is 13. The first-order valence-electron chi connectivity index (χ1n) is 43.8. The molecule has 125 heavy (non-hydrogen) atoms. The summed E-state index contributed by atoms with van der Waals surface area (Å²) in [5.74, 6) is -9.98. The highest BCUT2D eigenvalue weighted by atomic mass is 33.1. The number of aromatic nitrogens is 1. The number of benzene rings is 2. The molecular formula is C91H126N13O19S2+. The van der Waals surface area contributed by atoms with Crippen molar-refractivity contribution in [3.8, 4) is 0 Å². The Hall–Kier alpha value is -10.00. The van der Waals surface area contributed by atoms with Crippen molar-refractivity contribution in [3.05, 3.63) is 150 Å². The van der Waals surface area contributed by atoms with Crippen molar-refractivity contribution in [2.24, 2.45) is 42.1 Å². The fourth-order valence-corrected chi connectivity index (χ4v) is 22.1. The highest BCUT2D eigenvalue weighted by Crippen LogP contribution is 2.66. The van der Waals surface area contributed by atoms with E-state index in [9.17, 15) is 34.5 Å². The molecule has 680 valence electrons. The second kappa shape index (κ2) is 42.1. The molecule has 4 aliphatic heterocycles. The third-order valence-corrected chi connectivity index (χ3v) is 28.7. The molecule has 20 unspecified atom stereocenters. The van der Waals surface area contributed by atoms with E-state index in [1.807, 2.05) is 31.2 Å². The van der Waals surface area contributed by atoms with E-state index in [-0.39, 0.29) is 127 Å². The van der Waals surface area contributed by atoms with E-state index >= 15 is 43.2 Å². The summed E-state index contributed by atoms with van der Waals surface area (Å²) in [5, 5.41) is 63.8. The SMILES string of the molecule is CO[C@@]1(C(=O)OCC(NC(=O)C2CSSCC(NC(=O)C(Cc3ccccc3)NC(=O)C3CCCN3C(=O)C3CCCN3C(=O)c3ccc[n+](C)c3)C(=O)NC(Cc3ccccc3)C(=O)NC(CC3=CNC4C=CC=CC34)C(=O)NC(CCCCNC(=O)OC(C)(C)C)C(=O)NC(C(C)O)C(=O)N2)C(C)O)CCC2C3CCC4=CC(=O)CCC4C3C(O)CC21C.[2HH].[2HH]. The van der Waals surface area contributed by atoms with Crippen LogP contribution in [0.3, 0.4) is 0 Å². The summed E-state index contributed by atoms with van der Waals surface area (Å²) in [6.45, 7) is 9.55. The number of aliphatic hydroxyl groups excluding tert-OH is 3. The molecule has 9 aliphatic rings. The Morgan fingerprint density at radius 1 is 0.728 bits per heavy atom. The zero-order valence-electron chi connectivity index (χ0n) is 72.3. The first-order chi connectivity index (χ1) is 59.7. The Morgan fingerprint density at radius 2 is 1.40 bits per heavy atom. The van der Waals surface area contributed by atoms with Gasteiger partial charge < -0.3 is 92.5 Å². The van der Waals surface area contributed by atoms with Crippen LogP contribution in [0.5, 0.6) is 0 Å². The van der Waals surface area contributed by atoms with Crippen molar-refractivity contribution in [2.75, 3.05) is 44.9 Å². The molecule has 13 N–H and O–H groups in total. The minimum atomic E-state index is -1.87. The second-order valence-electron chi connectivity index (χ2n) is 35.9. The molecule has 0 spiro atoms. The number of fused-ring (bicyclic) bond motifs is 6. The largest absolute Gasteiger partial charge is 0.461 e. The van der Waals surface area contributed by atoms with Gasteiger partial charge in [-0.05, 0) is 183 Å². The van der Waals surface area contributed by atoms with Gasteiger partial charge in [0.2, 0.25) is 53.2 Å². The van der Waals surface area contributed by atoms with Crippen molar-refractivity contribution >= 4 is 98.5 Å². The topological polar surface area (TPSA) is 441 Å². The van der Waals surface area contributed by atoms with Crippen LogP contribution in [0.2, 0.25) is 0 Å². The van der Waals surface area contributed by atoms with Gasteiger partial charge in [0.15, 0.2) is 23.8 Å². The molecule has 3 saturated heterocycles. The number of hydrogen-bond donors (Lipinski definition) is 13. The van der Waals surface area contributed by atoms with Gasteiger partial charge in [-0.15, -0.1) is 0 Å². The van der Waals surface area contributed by atoms with Crippen molar-refractivity contribution in [2.45, 2.75) is 247 Å². The molecule has 1 aromatic heterocycles. The number of nitrogens with one attached hydrogen (secondary N) is 10. The number of likely N-dealkylation sites (tertiary alicyclic amines) is 2. The summed E-state index contributed by atoms with van der Waals surface area (Å²) < 4.78 is 19.6. The Labute approximate surface area is 740 Å². The first kappa shape index (κ1) is 94.1. The lowest BCUT2D eigenvalue weighted by Crippen LogP contribution is -2.62. The minimum absolute atomic E-state index is 0. The van der Waals surface area contributed by atoms with Crippen LogP contribution in [0, 0.1) is 35.0 Å². The summed E-state index contributed by atoms with van der Waals surface area (Å²) in [5.41, 5.74) is -0.0671. The summed E-state index contributed by atoms with van der Waals surface area (Å²) >= 11 is 0. The quantitative estimate of drug-likeness (QED) is 0.0248. The maximum Gasteiger partial charge on any atom is 0.407 e. The van der Waals surface area contributed by atoms with Gasteiger partial charge in [0.05, 0.1) is 30.4 Å². The molecule has 32 nitrogen and oxygen atoms in total. The smallest absolute Gasteiger partial charge is 0.407 e. The molecule has 12 rings (SSSR count). The third-order valence-electron chi connectivity index (χ3n) is 26.2. The summed E-state index contributed by atoms with van der Waals surface area (Å²) in [4.78, 5) is 195. The van der Waals surface area contributed by atoms with Crippen LogP contribution in [0.1, 0.15) is 162 Å². The highest BCUT2D eigenvalue weighted by molar-refractivity contribution is 8.76. The molecule has 2 aromatic carbocycles. The number of alkyl carbamates (subject to hydrolysis) is 1. The molecule has 5 aliphatic carbocycles. The molecule has 3 aromatic rings. The second-order valence-corrected chi connectivity index (χ2v) is 38.5. The Morgan fingerprint density at radius 3 is 2.10 bits per heavy atom. The molecule has 6 fully saturated rings. The monoisotopic (exact) mass is 1770 g/mol. The number of ketones is 1. The number of carbonyl (C=O) groups excluding carboxylic acids is 13. The number of methoxy groups -OCH3 is 1. The number of amides is 11. The van der Waals surface area contributed by atoms with Crippen molar-refractivity contribution < 1.29 is 99.3 Å². The average molecular weight is 1770 g/mol. The number of pyridine rings is 1. The van der Waals surface area contributed by atoms with Crippen LogP contribution in [0.4, 0.5) is 4.79 Å². The van der Waals surface area contributed by atoms with Gasteiger partial charge in [-0.2, -0.15) is 0 Å². The fourth-order valence-electron chi connectivity index (χ4n) is 19.8. The maximum absolute atomic E-state index is 15.8. The van der Waals surface area contributed by atoms with Gasteiger partial charge in [-0.3, -0.25) is 52.7 Å². The van der Waals surface area contributed by atoms with Crippen molar-refractivity contribution in [1.29, 1.82) is 0 Å². The van der Waals surface area contributed by atoms with Crippen LogP contribution < -0.4 is 57.7 Å². The standard InChI is InChI=1S/C91H121N13O19S2.2H2/c1-52(105)69(49-122-87(119)91(121-8)37-36-63-62-34-32-56-44-59(107)33-35-61(56)75(62)74(108)46-90(63,91)6)98-82(114)71-51-125-124-50-70(99-79(111)67(43-55-24-13-10-14-25-55)97-83(115)72-30-20-40-103(72)86(118)73-31-21-41-104(73)85(117)57-26-19-39-102(7)48-57)81(113)95-66(42-54-22-11-9-12-23-54)78(110)96-68(45-58-47-93-64-28-16-15-27-60(58)64)80(112)94-65(77(109)101-76(53(2)106)84(116)100-71)29-17-18-38-92-88(120)123-89(3,4)5;;/h9-16,19,22-28,39,44,47-48,52-53,60-76,93,105-106,108H,17-18,20-21,29-38,40-43,45-46,49-51H2,1-8H3,(H8-,92,94,95,96,97,98,99,100,101,109,110,111,112,113,114,115,116,120);2*1H/p+1/t52?,53?,60?,61?,62?,63?,64?,65?,66?,67?,68?,69?,70?,71?,72?,73?,74?,75?,76?,90?,91-;;/m1../s1/i;2*1+1. The number of nitrogens with zero attached hydrogens (tertiary/aromatic N) is 3. The van der Waals surface area contributed by atoms with E-state index in [2.05, 4.69) is 53.2 Å². The van der Waals surface area contributed by atoms with Crippen LogP contribution in [-0.2, 0) is 86.8 Å². The van der Waals surface area contributed by atoms with Gasteiger partial charge in [0.1, 0.15) is 79.2 Å². The van der Waals surface area contributed by atoms with Crippen LogP contribution >= 0.6 is 21.6 Å². The van der Waals surface area contributed by atoms with Gasteiger partial charge in [-0.1, -0.05) is 119 Å². The Bertz CT molecular complexity index is 4600. The lowest BCUT2D eigenvalue weighted by molar-refractivity contribution is -0.671. The number of esters is 1. The lowest BCUT2D eigenvalue weighted by atomic mass is 9.49. The van der Waals surface area contributed by atoms with Crippen LogP contribution in [0.15, 0.2) is 133 Å². The normalized spacial score (nSPS) is 30.0. The highest BCUT2D eigenvalue weighted by Gasteiger charge is 2.69. The number of aryl methyl sites for hydroxylation is 1. The molecule has 21 atom stereocenters. The van der Waals surface area contributed by atoms with E-state index in [4.69, 9.17) is 14.2 Å². The number of ether oxygens (including phenoxy) is 3. The molecule has 5 heterocycles. The zero-order valence-corrected chi connectivity index (χ0v) is 73.9. The van der Waals surface area contributed by atoms with Crippen molar-refractivity contribution in [3.63, 3.8) is 0 Å². The predicted molar refractivity (Wildman–Crippen MR) is 468 cm³/mol. The predicted octanol–water partition coefficient (Wildman–Crippen LogP) is 3.84. The van der Waals surface area contributed by atoms with Crippen LogP contribution in [-0.4, -0.2) is 243 Å². The first-order valence-corrected chi connectivity index (χ1v) is 46.3. The Kier molecular flexibility index (Phi) is 31.7. The molecule has 11 amide bonds. The van der Waals surface area contributed by atoms with E-state index in [1.165, 1.54) is 30.8 Å². The molecule has 3 saturated carbocycles. The molecule has 34 heteroatoms.